The number of hydrogen-bond acceptors (Lipinski definition) is 4. The van der Waals surface area contributed by atoms with Crippen molar-refractivity contribution in [3.8, 4) is 23.1 Å². The lowest BCUT2D eigenvalue weighted by molar-refractivity contribution is 0.543. The second-order valence-corrected chi connectivity index (χ2v) is 10.2. The van der Waals surface area contributed by atoms with Crippen LogP contribution in [0.5, 0.6) is 0 Å². The number of H-pyrrole nitrogens is 2. The zero-order valence-electron chi connectivity index (χ0n) is 19.2. The highest BCUT2D eigenvalue weighted by Crippen LogP contribution is 2.45. The maximum Gasteiger partial charge on any atom is 0.131 e. The van der Waals surface area contributed by atoms with Crippen molar-refractivity contribution in [1.29, 1.82) is 0 Å². The molecule has 3 aliphatic rings. The minimum atomic E-state index is 0.330. The number of nitrogens with one attached hydrogen (secondary N) is 4. The number of nitrogens with zero attached hydrogens (tertiary/aromatic N) is 2. The summed E-state index contributed by atoms with van der Waals surface area (Å²) >= 11 is 0. The molecule has 2 aromatic heterocycles. The number of benzene rings is 2. The highest BCUT2D eigenvalue weighted by molar-refractivity contribution is 5.88. The third-order valence-corrected chi connectivity index (χ3v) is 7.55. The fraction of sp³-hybridized carbons (Fsp3) is 0.357. The van der Waals surface area contributed by atoms with E-state index in [1.807, 2.05) is 12.4 Å². The molecule has 0 amide bonds. The van der Waals surface area contributed by atoms with Crippen molar-refractivity contribution in [2.24, 2.45) is 11.8 Å². The highest BCUT2D eigenvalue weighted by atomic mass is 15.1. The van der Waals surface area contributed by atoms with Crippen molar-refractivity contribution in [2.75, 3.05) is 6.54 Å². The average Bonchev–Trinajstić information content (AvgIpc) is 3.41. The maximum absolute atomic E-state index is 4.87. The van der Waals surface area contributed by atoms with Crippen LogP contribution in [0.15, 0.2) is 48.8 Å². The monoisotopic (exact) mass is 448 g/mol. The third-order valence-electron chi connectivity index (χ3n) is 7.55. The lowest BCUT2D eigenvalue weighted by Crippen LogP contribution is -2.18. The van der Waals surface area contributed by atoms with Gasteiger partial charge >= 0.3 is 0 Å². The van der Waals surface area contributed by atoms with E-state index in [-0.39, 0.29) is 0 Å². The van der Waals surface area contributed by atoms with E-state index in [1.165, 1.54) is 23.6 Å². The fourth-order valence-electron chi connectivity index (χ4n) is 5.51. The summed E-state index contributed by atoms with van der Waals surface area (Å²) in [6, 6.07) is 14.3. The number of rotatable bonds is 3. The molecule has 2 aliphatic heterocycles. The quantitative estimate of drug-likeness (QED) is 0.349. The van der Waals surface area contributed by atoms with E-state index in [2.05, 4.69) is 75.8 Å². The highest BCUT2D eigenvalue weighted by Gasteiger charge is 2.46. The Bertz CT molecular complexity index is 1430. The SMILES string of the molecule is C[C@@H]1CNC(c2nc(-c3ccc4cc(C#Cc5c[nH]c([C@@H]6C[C@H]7C[C@H]7N6)n5)ccc4c3)c[nH]2)C1. The molecule has 170 valence electrons. The first kappa shape index (κ1) is 20.0. The normalized spacial score (nSPS) is 27.5. The Kier molecular flexibility index (Phi) is 4.61. The van der Waals surface area contributed by atoms with Gasteiger partial charge in [0.2, 0.25) is 0 Å². The Morgan fingerprint density at radius 3 is 2.56 bits per heavy atom. The Morgan fingerprint density at radius 1 is 0.853 bits per heavy atom. The molecule has 0 radical (unpaired) electrons. The molecule has 6 nitrogen and oxygen atoms in total. The molecule has 4 N–H and O–H groups in total. The largest absolute Gasteiger partial charge is 0.347 e. The van der Waals surface area contributed by atoms with Crippen LogP contribution in [0.3, 0.4) is 0 Å². The van der Waals surface area contributed by atoms with E-state index in [0.717, 1.165) is 53.0 Å². The predicted molar refractivity (Wildman–Crippen MR) is 133 cm³/mol. The molecule has 4 aromatic rings. The van der Waals surface area contributed by atoms with Gasteiger partial charge in [-0.2, -0.15) is 0 Å². The number of piperidine rings is 1. The van der Waals surface area contributed by atoms with Crippen molar-refractivity contribution in [3.63, 3.8) is 0 Å². The van der Waals surface area contributed by atoms with Crippen LogP contribution in [0, 0.1) is 23.7 Å². The van der Waals surface area contributed by atoms with Crippen molar-refractivity contribution in [1.82, 2.24) is 30.6 Å². The predicted octanol–water partition coefficient (Wildman–Crippen LogP) is 4.45. The van der Waals surface area contributed by atoms with Crippen LogP contribution in [0.1, 0.15) is 61.2 Å². The Labute approximate surface area is 199 Å². The van der Waals surface area contributed by atoms with Gasteiger partial charge < -0.3 is 20.6 Å². The minimum Gasteiger partial charge on any atom is -0.347 e. The van der Waals surface area contributed by atoms with Crippen molar-refractivity contribution in [3.05, 3.63) is 71.7 Å². The van der Waals surface area contributed by atoms with Crippen molar-refractivity contribution in [2.45, 2.75) is 44.3 Å². The van der Waals surface area contributed by atoms with Gasteiger partial charge in [0.05, 0.1) is 17.8 Å². The van der Waals surface area contributed by atoms with Gasteiger partial charge in [-0.15, -0.1) is 0 Å². The van der Waals surface area contributed by atoms with Crippen molar-refractivity contribution >= 4 is 10.8 Å². The van der Waals surface area contributed by atoms with Gasteiger partial charge in [0, 0.05) is 29.6 Å². The molecule has 6 heteroatoms. The van der Waals surface area contributed by atoms with Crippen molar-refractivity contribution < 1.29 is 0 Å². The second kappa shape index (κ2) is 7.83. The van der Waals surface area contributed by atoms with Gasteiger partial charge in [0.25, 0.3) is 0 Å². The fourth-order valence-corrected chi connectivity index (χ4v) is 5.51. The summed E-state index contributed by atoms with van der Waals surface area (Å²) in [7, 11) is 0. The first-order valence-corrected chi connectivity index (χ1v) is 12.3. The number of fused-ring (bicyclic) bond motifs is 2. The van der Waals surface area contributed by atoms with Gasteiger partial charge in [-0.25, -0.2) is 9.97 Å². The van der Waals surface area contributed by atoms with Crippen LogP contribution in [0.2, 0.25) is 0 Å². The molecule has 1 aliphatic carbocycles. The van der Waals surface area contributed by atoms with E-state index in [4.69, 9.17) is 9.97 Å². The lowest BCUT2D eigenvalue weighted by Gasteiger charge is -2.08. The summed E-state index contributed by atoms with van der Waals surface area (Å²) in [4.78, 5) is 16.2. The molecule has 0 bridgehead atoms. The molecule has 5 atom stereocenters. The first-order chi connectivity index (χ1) is 16.7. The number of aromatic nitrogens is 4. The average molecular weight is 449 g/mol. The summed E-state index contributed by atoms with van der Waals surface area (Å²) in [6.45, 7) is 3.34. The Balaban J connectivity index is 1.08. The van der Waals surface area contributed by atoms with Gasteiger partial charge in [-0.1, -0.05) is 31.0 Å². The maximum atomic E-state index is 4.87. The van der Waals surface area contributed by atoms with Crippen LogP contribution in [0.4, 0.5) is 0 Å². The smallest absolute Gasteiger partial charge is 0.131 e. The lowest BCUT2D eigenvalue weighted by atomic mass is 10.0. The molecular formula is C28H28N6. The Hall–Kier alpha value is -3.40. The second-order valence-electron chi connectivity index (χ2n) is 10.2. The standard InChI is InChI=1S/C28H28N6/c1-16-8-24(29-13-16)27-31-15-26(34-27)20-6-5-18-9-17(2-4-19(18)10-20)3-7-22-14-30-28(32-22)25-12-21-11-23(21)33-25/h2,4-6,9-10,14-16,21,23-25,29,33H,8,11-13H2,1H3,(H,30,32)(H,31,34)/t16-,21+,23+,24?,25-/m0/s1. The third kappa shape index (κ3) is 3.71. The van der Waals surface area contributed by atoms with E-state index < -0.39 is 0 Å². The molecular weight excluding hydrogens is 420 g/mol. The molecule has 0 spiro atoms. The number of aromatic amines is 2. The summed E-state index contributed by atoms with van der Waals surface area (Å²) in [5.41, 5.74) is 3.91. The molecule has 2 saturated heterocycles. The van der Waals surface area contributed by atoms with Crippen LogP contribution in [-0.2, 0) is 0 Å². The van der Waals surface area contributed by atoms with Gasteiger partial charge in [0.1, 0.15) is 17.3 Å². The molecule has 3 fully saturated rings. The topological polar surface area (TPSA) is 81.4 Å². The molecule has 7 rings (SSSR count). The zero-order chi connectivity index (χ0) is 22.6. The Morgan fingerprint density at radius 2 is 1.71 bits per heavy atom. The van der Waals surface area contributed by atoms with Gasteiger partial charge in [-0.3, -0.25) is 0 Å². The van der Waals surface area contributed by atoms with Crippen LogP contribution >= 0.6 is 0 Å². The van der Waals surface area contributed by atoms with Crippen LogP contribution in [-0.4, -0.2) is 32.5 Å². The van der Waals surface area contributed by atoms with Gasteiger partial charge in [0.15, 0.2) is 0 Å². The molecule has 1 saturated carbocycles. The van der Waals surface area contributed by atoms with E-state index in [9.17, 15) is 0 Å². The van der Waals surface area contributed by atoms with Crippen LogP contribution < -0.4 is 10.6 Å². The number of hydrogen-bond donors (Lipinski definition) is 4. The van der Waals surface area contributed by atoms with E-state index >= 15 is 0 Å². The number of imidazole rings is 2. The van der Waals surface area contributed by atoms with Gasteiger partial charge in [-0.05, 0) is 72.5 Å². The van der Waals surface area contributed by atoms with E-state index in [1.54, 1.807) is 0 Å². The molecule has 2 aromatic carbocycles. The van der Waals surface area contributed by atoms with Crippen LogP contribution in [0.25, 0.3) is 22.0 Å². The molecule has 4 heterocycles. The zero-order valence-corrected chi connectivity index (χ0v) is 19.2. The summed E-state index contributed by atoms with van der Waals surface area (Å²) in [5, 5.41) is 9.55. The summed E-state index contributed by atoms with van der Waals surface area (Å²) < 4.78 is 0. The summed E-state index contributed by atoms with van der Waals surface area (Å²) in [5.74, 6) is 10.1. The summed E-state index contributed by atoms with van der Waals surface area (Å²) in [6.07, 6.45) is 7.58. The molecule has 34 heavy (non-hydrogen) atoms. The minimum absolute atomic E-state index is 0.330. The van der Waals surface area contributed by atoms with E-state index in [0.29, 0.717) is 24.0 Å². The molecule has 1 unspecified atom stereocenters. The first-order valence-electron chi connectivity index (χ1n) is 12.3.